The molecule has 27 heavy (non-hydrogen) atoms. The number of carbonyl (C=O) groups excluding carboxylic acids is 2. The zero-order valence-electron chi connectivity index (χ0n) is 17.3. The Labute approximate surface area is 162 Å². The van der Waals surface area contributed by atoms with E-state index in [0.717, 1.165) is 6.04 Å². The van der Waals surface area contributed by atoms with E-state index in [1.807, 2.05) is 0 Å². The SMILES string of the molecule is CC(C)(C)OC(=O)N[C@@H]1C[C@@H](C(=O)O)CC[C@@H]1NC(=O)OCC[Si](C)(C)C. The second-order valence-corrected chi connectivity index (χ2v) is 14.9. The highest BCUT2D eigenvalue weighted by Gasteiger charge is 2.36. The maximum Gasteiger partial charge on any atom is 0.407 e. The zero-order chi connectivity index (χ0) is 20.8. The molecule has 2 amide bonds. The van der Waals surface area contributed by atoms with Crippen LogP contribution in [0.15, 0.2) is 0 Å². The summed E-state index contributed by atoms with van der Waals surface area (Å²) < 4.78 is 10.5. The van der Waals surface area contributed by atoms with Gasteiger partial charge < -0.3 is 25.2 Å². The molecule has 0 aromatic heterocycles. The van der Waals surface area contributed by atoms with Gasteiger partial charge in [-0.25, -0.2) is 9.59 Å². The zero-order valence-corrected chi connectivity index (χ0v) is 18.3. The van der Waals surface area contributed by atoms with Crippen LogP contribution in [0.2, 0.25) is 25.7 Å². The van der Waals surface area contributed by atoms with E-state index in [1.54, 1.807) is 20.8 Å². The molecule has 1 rings (SSSR count). The van der Waals surface area contributed by atoms with Crippen molar-refractivity contribution >= 4 is 26.2 Å². The van der Waals surface area contributed by atoms with Crippen LogP contribution in [0.3, 0.4) is 0 Å². The average molecular weight is 403 g/mol. The van der Waals surface area contributed by atoms with Gasteiger partial charge in [0.05, 0.1) is 24.6 Å². The third kappa shape index (κ3) is 9.65. The van der Waals surface area contributed by atoms with Gasteiger partial charge in [-0.1, -0.05) is 19.6 Å². The van der Waals surface area contributed by atoms with Gasteiger partial charge in [-0.3, -0.25) is 4.79 Å². The molecule has 0 aliphatic heterocycles. The van der Waals surface area contributed by atoms with E-state index in [2.05, 4.69) is 30.3 Å². The predicted octanol–water partition coefficient (Wildman–Crippen LogP) is 3.20. The van der Waals surface area contributed by atoms with Gasteiger partial charge in [0.2, 0.25) is 0 Å². The van der Waals surface area contributed by atoms with E-state index in [0.29, 0.717) is 19.4 Å². The van der Waals surface area contributed by atoms with Gasteiger partial charge in [0.25, 0.3) is 0 Å². The Hall–Kier alpha value is -1.77. The van der Waals surface area contributed by atoms with Gasteiger partial charge in [0, 0.05) is 8.07 Å². The van der Waals surface area contributed by atoms with Crippen molar-refractivity contribution in [2.75, 3.05) is 6.61 Å². The minimum atomic E-state index is -1.30. The van der Waals surface area contributed by atoms with Crippen LogP contribution in [0.4, 0.5) is 9.59 Å². The summed E-state index contributed by atoms with van der Waals surface area (Å²) in [6, 6.07) is -0.0575. The highest BCUT2D eigenvalue weighted by atomic mass is 28.3. The number of carboxylic acids is 1. The molecule has 156 valence electrons. The van der Waals surface area contributed by atoms with Crippen LogP contribution in [-0.2, 0) is 14.3 Å². The van der Waals surface area contributed by atoms with Gasteiger partial charge in [0.15, 0.2) is 0 Å². The molecule has 0 aromatic carbocycles. The van der Waals surface area contributed by atoms with Gasteiger partial charge in [-0.05, 0) is 46.1 Å². The molecule has 0 radical (unpaired) electrons. The van der Waals surface area contributed by atoms with E-state index in [1.165, 1.54) is 0 Å². The van der Waals surface area contributed by atoms with E-state index in [9.17, 15) is 19.5 Å². The first kappa shape index (κ1) is 23.3. The molecule has 0 heterocycles. The molecule has 9 heteroatoms. The third-order valence-electron chi connectivity index (χ3n) is 4.29. The Kier molecular flexibility index (Phi) is 8.13. The lowest BCUT2D eigenvalue weighted by molar-refractivity contribution is -0.143. The van der Waals surface area contributed by atoms with Crippen LogP contribution in [-0.4, -0.2) is 55.6 Å². The van der Waals surface area contributed by atoms with Crippen molar-refractivity contribution < 1.29 is 29.0 Å². The predicted molar refractivity (Wildman–Crippen MR) is 105 cm³/mol. The Balaban J connectivity index is 2.66. The smallest absolute Gasteiger partial charge is 0.407 e. The number of alkyl carbamates (subject to hydrolysis) is 2. The van der Waals surface area contributed by atoms with E-state index >= 15 is 0 Å². The van der Waals surface area contributed by atoms with Gasteiger partial charge in [-0.15, -0.1) is 0 Å². The first-order valence-electron chi connectivity index (χ1n) is 9.42. The van der Waals surface area contributed by atoms with Crippen molar-refractivity contribution in [1.29, 1.82) is 0 Å². The van der Waals surface area contributed by atoms with E-state index in [-0.39, 0.29) is 6.42 Å². The fourth-order valence-corrected chi connectivity index (χ4v) is 3.54. The summed E-state index contributed by atoms with van der Waals surface area (Å²) in [6.07, 6.45) is -0.0584. The molecule has 0 unspecified atom stereocenters. The minimum absolute atomic E-state index is 0.231. The van der Waals surface area contributed by atoms with Crippen molar-refractivity contribution in [3.8, 4) is 0 Å². The molecule has 1 aliphatic carbocycles. The van der Waals surface area contributed by atoms with Crippen molar-refractivity contribution in [3.05, 3.63) is 0 Å². The van der Waals surface area contributed by atoms with Gasteiger partial charge in [0.1, 0.15) is 5.60 Å². The fourth-order valence-electron chi connectivity index (χ4n) is 2.83. The van der Waals surface area contributed by atoms with E-state index in [4.69, 9.17) is 9.47 Å². The highest BCUT2D eigenvalue weighted by molar-refractivity contribution is 6.76. The van der Waals surface area contributed by atoms with Crippen LogP contribution >= 0.6 is 0 Å². The topological polar surface area (TPSA) is 114 Å². The number of carbonyl (C=O) groups is 3. The first-order chi connectivity index (χ1) is 12.3. The number of hydrogen-bond donors (Lipinski definition) is 3. The van der Waals surface area contributed by atoms with Crippen molar-refractivity contribution in [1.82, 2.24) is 10.6 Å². The summed E-state index contributed by atoms with van der Waals surface area (Å²) in [5.41, 5.74) is -0.663. The molecular formula is C18H34N2O6Si. The minimum Gasteiger partial charge on any atom is -0.481 e. The summed E-state index contributed by atoms with van der Waals surface area (Å²) >= 11 is 0. The number of nitrogens with one attached hydrogen (secondary N) is 2. The number of amides is 2. The standard InChI is InChI=1S/C18H34N2O6Si/c1-18(2,3)26-17(24)20-14-11-12(15(21)22)7-8-13(14)19-16(23)25-9-10-27(4,5)6/h12-14H,7-11H2,1-6H3,(H,19,23)(H,20,24)(H,21,22)/t12-,13-,14+/m0/s1. The molecule has 1 fully saturated rings. The van der Waals surface area contributed by atoms with Crippen LogP contribution < -0.4 is 10.6 Å². The lowest BCUT2D eigenvalue weighted by atomic mass is 9.82. The van der Waals surface area contributed by atoms with Gasteiger partial charge in [-0.2, -0.15) is 0 Å². The number of rotatable bonds is 6. The maximum atomic E-state index is 12.1. The van der Waals surface area contributed by atoms with Crippen LogP contribution in [0.1, 0.15) is 40.0 Å². The summed E-state index contributed by atoms with van der Waals surface area (Å²) in [6.45, 7) is 12.2. The highest BCUT2D eigenvalue weighted by Crippen LogP contribution is 2.25. The first-order valence-corrected chi connectivity index (χ1v) is 13.1. The summed E-state index contributed by atoms with van der Waals surface area (Å²) in [5.74, 6) is -1.46. The van der Waals surface area contributed by atoms with Crippen LogP contribution in [0.25, 0.3) is 0 Å². The Bertz CT molecular complexity index is 541. The quantitative estimate of drug-likeness (QED) is 0.588. The molecule has 1 saturated carbocycles. The Morgan fingerprint density at radius 1 is 1.04 bits per heavy atom. The molecule has 8 nitrogen and oxygen atoms in total. The lowest BCUT2D eigenvalue weighted by Gasteiger charge is -2.35. The van der Waals surface area contributed by atoms with Crippen LogP contribution in [0.5, 0.6) is 0 Å². The largest absolute Gasteiger partial charge is 0.481 e. The van der Waals surface area contributed by atoms with Crippen molar-refractivity contribution in [2.24, 2.45) is 5.92 Å². The summed E-state index contributed by atoms with van der Waals surface area (Å²) in [5, 5.41) is 14.8. The van der Waals surface area contributed by atoms with Gasteiger partial charge >= 0.3 is 18.2 Å². The second kappa shape index (κ2) is 9.43. The van der Waals surface area contributed by atoms with Crippen molar-refractivity contribution in [2.45, 2.75) is 83.4 Å². The average Bonchev–Trinajstić information content (AvgIpc) is 2.45. The molecule has 3 atom stereocenters. The molecule has 0 saturated heterocycles. The molecule has 0 spiro atoms. The monoisotopic (exact) mass is 402 g/mol. The molecule has 0 bridgehead atoms. The lowest BCUT2D eigenvalue weighted by Crippen LogP contribution is -2.56. The third-order valence-corrected chi connectivity index (χ3v) is 5.99. The molecule has 1 aliphatic rings. The maximum absolute atomic E-state index is 12.1. The normalized spacial score (nSPS) is 23.3. The van der Waals surface area contributed by atoms with Crippen LogP contribution in [0, 0.1) is 5.92 Å². The number of hydrogen-bond acceptors (Lipinski definition) is 5. The number of ether oxygens (including phenoxy) is 2. The second-order valence-electron chi connectivity index (χ2n) is 9.30. The molecule has 3 N–H and O–H groups in total. The Morgan fingerprint density at radius 3 is 2.15 bits per heavy atom. The van der Waals surface area contributed by atoms with Crippen molar-refractivity contribution in [3.63, 3.8) is 0 Å². The fraction of sp³-hybridized carbons (Fsp3) is 0.833. The Morgan fingerprint density at radius 2 is 1.63 bits per heavy atom. The molecular weight excluding hydrogens is 368 g/mol. The summed E-state index contributed by atoms with van der Waals surface area (Å²) in [7, 11) is -1.30. The van der Waals surface area contributed by atoms with E-state index < -0.39 is 49.8 Å². The molecule has 0 aromatic rings. The summed E-state index contributed by atoms with van der Waals surface area (Å²) in [4.78, 5) is 35.5. The number of carboxylic acid groups (broad SMARTS) is 1. The number of aliphatic carboxylic acids is 1.